The van der Waals surface area contributed by atoms with Gasteiger partial charge in [0.2, 0.25) is 0 Å². The molecule has 39 heavy (non-hydrogen) atoms. The van der Waals surface area contributed by atoms with E-state index in [0.29, 0.717) is 38.9 Å². The normalized spacial score (nSPS) is 14.1. The molecular formula is C27H27BFN4O5S-. The van der Waals surface area contributed by atoms with E-state index in [1.165, 1.54) is 23.5 Å². The third-order valence-electron chi connectivity index (χ3n) is 7.01. The van der Waals surface area contributed by atoms with Crippen LogP contribution in [0.3, 0.4) is 0 Å². The van der Waals surface area contributed by atoms with Gasteiger partial charge in [0.25, 0.3) is 5.91 Å². The van der Waals surface area contributed by atoms with Gasteiger partial charge in [0.05, 0.1) is 11.1 Å². The Morgan fingerprint density at radius 1 is 1.21 bits per heavy atom. The lowest BCUT2D eigenvalue weighted by Gasteiger charge is -2.26. The molecule has 0 saturated heterocycles. The van der Waals surface area contributed by atoms with Crippen LogP contribution in [0.2, 0.25) is 0 Å². The van der Waals surface area contributed by atoms with E-state index in [-0.39, 0.29) is 24.9 Å². The number of benzene rings is 2. The van der Waals surface area contributed by atoms with Crippen LogP contribution in [0, 0.1) is 12.7 Å². The smallest absolute Gasteiger partial charge is 0.488 e. The van der Waals surface area contributed by atoms with Gasteiger partial charge >= 0.3 is 7.12 Å². The number of amides is 1. The number of hydrogen-bond acceptors (Lipinski definition) is 6. The largest absolute Gasteiger partial charge is 0.760 e. The van der Waals surface area contributed by atoms with Gasteiger partial charge in [-0.05, 0) is 78.2 Å². The van der Waals surface area contributed by atoms with Gasteiger partial charge < -0.3 is 19.9 Å². The van der Waals surface area contributed by atoms with E-state index in [1.54, 1.807) is 48.0 Å². The predicted molar refractivity (Wildman–Crippen MR) is 145 cm³/mol. The number of aryl methyl sites for hydroxylation is 1. The number of aromatic nitrogens is 2. The highest BCUT2D eigenvalue weighted by atomic mass is 32.2. The second kappa shape index (κ2) is 11.0. The van der Waals surface area contributed by atoms with Crippen molar-refractivity contribution < 1.29 is 28.0 Å². The van der Waals surface area contributed by atoms with Crippen LogP contribution in [0.5, 0.6) is 0 Å². The molecule has 1 fully saturated rings. The molecule has 2 aromatic carbocycles. The number of fused-ring (bicyclic) bond motifs is 1. The summed E-state index contributed by atoms with van der Waals surface area (Å²) < 4.78 is 41.0. The Morgan fingerprint density at radius 2 is 1.92 bits per heavy atom. The third-order valence-corrected chi connectivity index (χ3v) is 7.69. The Labute approximate surface area is 227 Å². The van der Waals surface area contributed by atoms with Crippen molar-refractivity contribution >= 4 is 35.3 Å². The van der Waals surface area contributed by atoms with E-state index >= 15 is 0 Å². The van der Waals surface area contributed by atoms with Crippen LogP contribution in [0.15, 0.2) is 54.7 Å². The fourth-order valence-corrected chi connectivity index (χ4v) is 5.39. The monoisotopic (exact) mass is 549 g/mol. The lowest BCUT2D eigenvalue weighted by Crippen LogP contribution is -2.32. The molecule has 2 heterocycles. The molecule has 0 radical (unpaired) electrons. The molecule has 1 aliphatic rings. The minimum Gasteiger partial charge on any atom is -0.760 e. The number of nitrogens with zero attached hydrogens (tertiary/aromatic N) is 3. The zero-order valence-electron chi connectivity index (χ0n) is 21.4. The SMILES string of the molecule is CNC(=O)c1c(-c2ccc(F)cc2)nn2cc(CN(Cc3ccc(B(O)O)c(C)c3)S(=O)[O-])c(C3CC3)cc12. The Hall–Kier alpha value is -3.42. The summed E-state index contributed by atoms with van der Waals surface area (Å²) in [6.45, 7) is 1.91. The Morgan fingerprint density at radius 3 is 2.51 bits per heavy atom. The van der Waals surface area contributed by atoms with Gasteiger partial charge in [-0.1, -0.05) is 23.8 Å². The highest BCUT2D eigenvalue weighted by Gasteiger charge is 2.30. The molecular weight excluding hydrogens is 522 g/mol. The zero-order chi connectivity index (χ0) is 27.8. The molecule has 9 nitrogen and oxygen atoms in total. The van der Waals surface area contributed by atoms with Gasteiger partial charge in [0, 0.05) is 43.2 Å². The second-order valence-corrected chi connectivity index (χ2v) is 10.7. The van der Waals surface area contributed by atoms with Gasteiger partial charge in [-0.2, -0.15) is 5.10 Å². The summed E-state index contributed by atoms with van der Waals surface area (Å²) in [4.78, 5) is 12.9. The van der Waals surface area contributed by atoms with Crippen molar-refractivity contribution in [3.63, 3.8) is 0 Å². The number of pyridine rings is 1. The van der Waals surface area contributed by atoms with E-state index in [2.05, 4.69) is 10.4 Å². The molecule has 1 aliphatic carbocycles. The maximum Gasteiger partial charge on any atom is 0.488 e. The van der Waals surface area contributed by atoms with Crippen molar-refractivity contribution in [2.45, 2.75) is 38.8 Å². The maximum absolute atomic E-state index is 13.6. The molecule has 202 valence electrons. The molecule has 0 bridgehead atoms. The van der Waals surface area contributed by atoms with Crippen molar-refractivity contribution in [1.82, 2.24) is 19.2 Å². The van der Waals surface area contributed by atoms with E-state index < -0.39 is 24.2 Å². The van der Waals surface area contributed by atoms with E-state index in [4.69, 9.17) is 0 Å². The quantitative estimate of drug-likeness (QED) is 0.217. The molecule has 12 heteroatoms. The molecule has 1 unspecified atom stereocenters. The highest BCUT2D eigenvalue weighted by molar-refractivity contribution is 7.76. The van der Waals surface area contributed by atoms with Crippen molar-refractivity contribution in [3.8, 4) is 11.3 Å². The minimum atomic E-state index is -2.54. The maximum atomic E-state index is 13.6. The lowest BCUT2D eigenvalue weighted by atomic mass is 9.77. The van der Waals surface area contributed by atoms with Crippen molar-refractivity contribution in [2.75, 3.05) is 7.05 Å². The number of carbonyl (C=O) groups excluding carboxylic acids is 1. The van der Waals surface area contributed by atoms with Gasteiger partial charge in [0.15, 0.2) is 0 Å². The molecule has 3 N–H and O–H groups in total. The topological polar surface area (TPSA) is 130 Å². The fourth-order valence-electron chi connectivity index (χ4n) is 4.89. The van der Waals surface area contributed by atoms with Crippen molar-refractivity contribution in [3.05, 3.63) is 88.4 Å². The molecule has 1 amide bonds. The van der Waals surface area contributed by atoms with Crippen LogP contribution in [0.1, 0.15) is 51.4 Å². The molecule has 1 saturated carbocycles. The average molecular weight is 549 g/mol. The summed E-state index contributed by atoms with van der Waals surface area (Å²) in [7, 11) is -0.0712. The first kappa shape index (κ1) is 27.2. The van der Waals surface area contributed by atoms with Gasteiger partial charge in [0.1, 0.15) is 11.5 Å². The Kier molecular flexibility index (Phi) is 7.65. The fraction of sp³-hybridized carbons (Fsp3) is 0.259. The Balaban J connectivity index is 1.55. The van der Waals surface area contributed by atoms with Crippen LogP contribution in [-0.4, -0.2) is 52.8 Å². The Bertz CT molecular complexity index is 1570. The number of rotatable bonds is 9. The van der Waals surface area contributed by atoms with Crippen molar-refractivity contribution in [2.24, 2.45) is 0 Å². The standard InChI is InChI=1S/C27H28BFN4O5S/c1-16-11-17(3-10-23(16)28(35)36)13-32(39(37)38)14-20-15-33-24(12-22(20)18-4-5-18)25(27(34)30-2)26(31-33)19-6-8-21(29)9-7-19/h3,6-12,15,18,35-36H,4-5,13-14H2,1-2H3,(H,30,34)(H,37,38)/p-1. The first-order valence-electron chi connectivity index (χ1n) is 12.5. The first-order chi connectivity index (χ1) is 18.7. The summed E-state index contributed by atoms with van der Waals surface area (Å²) in [5.41, 5.74) is 5.37. The van der Waals surface area contributed by atoms with E-state index in [0.717, 1.165) is 24.0 Å². The van der Waals surface area contributed by atoms with E-state index in [1.807, 2.05) is 6.07 Å². The highest BCUT2D eigenvalue weighted by Crippen LogP contribution is 2.43. The molecule has 0 aliphatic heterocycles. The summed E-state index contributed by atoms with van der Waals surface area (Å²) in [6.07, 6.45) is 3.68. The molecule has 4 aromatic rings. The minimum absolute atomic E-state index is 0.0857. The van der Waals surface area contributed by atoms with Gasteiger partial charge in [-0.15, -0.1) is 0 Å². The summed E-state index contributed by atoms with van der Waals surface area (Å²) in [5.74, 6) is -0.473. The van der Waals surface area contributed by atoms with Crippen LogP contribution in [0.25, 0.3) is 16.8 Å². The predicted octanol–water partition coefficient (Wildman–Crippen LogP) is 2.16. The number of carbonyl (C=O) groups is 1. The second-order valence-electron chi connectivity index (χ2n) is 9.75. The third kappa shape index (κ3) is 5.65. The van der Waals surface area contributed by atoms with Crippen LogP contribution >= 0.6 is 0 Å². The van der Waals surface area contributed by atoms with Crippen molar-refractivity contribution in [1.29, 1.82) is 0 Å². The van der Waals surface area contributed by atoms with Gasteiger partial charge in [-0.3, -0.25) is 9.00 Å². The lowest BCUT2D eigenvalue weighted by molar-refractivity contribution is 0.0965. The number of nitrogens with one attached hydrogen (secondary N) is 1. The zero-order valence-corrected chi connectivity index (χ0v) is 22.2. The van der Waals surface area contributed by atoms with Crippen LogP contribution in [-0.2, 0) is 24.4 Å². The van der Waals surface area contributed by atoms with E-state index in [9.17, 15) is 28.0 Å². The molecule has 5 rings (SSSR count). The van der Waals surface area contributed by atoms with Crippen LogP contribution in [0.4, 0.5) is 4.39 Å². The number of halogens is 1. The average Bonchev–Trinajstić information content (AvgIpc) is 3.68. The first-order valence-corrected chi connectivity index (χ1v) is 13.5. The van der Waals surface area contributed by atoms with Gasteiger partial charge in [-0.25, -0.2) is 13.2 Å². The molecule has 0 spiro atoms. The summed E-state index contributed by atoms with van der Waals surface area (Å²) in [5, 5.41) is 26.3. The molecule has 2 aromatic heterocycles. The molecule has 1 atom stereocenters. The summed E-state index contributed by atoms with van der Waals surface area (Å²) in [6, 6.07) is 12.6. The number of hydrogen-bond donors (Lipinski definition) is 3. The van der Waals surface area contributed by atoms with Crippen LogP contribution < -0.4 is 10.8 Å². The summed E-state index contributed by atoms with van der Waals surface area (Å²) >= 11 is -2.54.